The molecule has 1 saturated carbocycles. The molecule has 62 heavy (non-hydrogen) atoms. The molecule has 9 rings (SSSR count). The van der Waals surface area contributed by atoms with Gasteiger partial charge in [0.05, 0.1) is 24.8 Å². The third-order valence-electron chi connectivity index (χ3n) is 14.1. The van der Waals surface area contributed by atoms with Crippen LogP contribution in [0.4, 0.5) is 8.78 Å². The SMILES string of the molecule is COc1cc(C2CCC(C(=O)N3CCC(N4Cc5cc6c(cc5C4)C(=O)N(C4CCC(=O)NC4=O)C6=O)CC3)CC2)ccc1Cc1[nH]c2ccccc2c1C[C@@H](C)NCC(F)F. The Hall–Kier alpha value is -5.47. The van der Waals surface area contributed by atoms with Gasteiger partial charge in [-0.2, -0.15) is 0 Å². The highest BCUT2D eigenvalue weighted by atomic mass is 19.3. The minimum Gasteiger partial charge on any atom is -0.496 e. The van der Waals surface area contributed by atoms with Crippen LogP contribution in [0, 0.1) is 5.92 Å². The molecule has 14 heteroatoms. The molecule has 5 aliphatic rings. The van der Waals surface area contributed by atoms with Gasteiger partial charge in [-0.15, -0.1) is 0 Å². The van der Waals surface area contributed by atoms with E-state index in [1.807, 2.05) is 42.2 Å². The third kappa shape index (κ3) is 8.14. The predicted octanol–water partition coefficient (Wildman–Crippen LogP) is 6.23. The van der Waals surface area contributed by atoms with E-state index >= 15 is 0 Å². The Bertz CT molecular complexity index is 2370. The summed E-state index contributed by atoms with van der Waals surface area (Å²) in [6.07, 6.45) is 4.31. The van der Waals surface area contributed by atoms with Crippen LogP contribution in [-0.4, -0.2) is 101 Å². The number of fused-ring (bicyclic) bond motifs is 3. The summed E-state index contributed by atoms with van der Waals surface area (Å²) in [5, 5.41) is 6.31. The molecule has 4 aliphatic heterocycles. The van der Waals surface area contributed by atoms with E-state index in [9.17, 15) is 32.8 Å². The van der Waals surface area contributed by atoms with Crippen molar-refractivity contribution in [3.8, 4) is 5.75 Å². The highest BCUT2D eigenvalue weighted by Crippen LogP contribution is 2.40. The number of halogens is 2. The lowest BCUT2D eigenvalue weighted by Gasteiger charge is -2.39. The number of imide groups is 2. The normalized spacial score (nSPS) is 22.7. The fraction of sp³-hybridized carbons (Fsp3) is 0.479. The van der Waals surface area contributed by atoms with Crippen LogP contribution in [0.15, 0.2) is 54.6 Å². The Morgan fingerprint density at radius 3 is 2.24 bits per heavy atom. The van der Waals surface area contributed by atoms with Crippen LogP contribution in [0.25, 0.3) is 10.9 Å². The molecule has 2 atom stereocenters. The largest absolute Gasteiger partial charge is 0.496 e. The summed E-state index contributed by atoms with van der Waals surface area (Å²) in [7, 11) is 1.70. The van der Waals surface area contributed by atoms with E-state index < -0.39 is 36.1 Å². The van der Waals surface area contributed by atoms with Crippen molar-refractivity contribution in [3.63, 3.8) is 0 Å². The first-order chi connectivity index (χ1) is 29.9. The van der Waals surface area contributed by atoms with Crippen LogP contribution in [0.5, 0.6) is 5.75 Å². The summed E-state index contributed by atoms with van der Waals surface area (Å²) in [5.41, 5.74) is 8.11. The van der Waals surface area contributed by atoms with Crippen LogP contribution in [0.2, 0.25) is 0 Å². The van der Waals surface area contributed by atoms with Gasteiger partial charge in [0.15, 0.2) is 0 Å². The number of ether oxygens (including phenoxy) is 1. The van der Waals surface area contributed by atoms with Crippen LogP contribution in [-0.2, 0) is 40.3 Å². The van der Waals surface area contributed by atoms with Gasteiger partial charge in [-0.3, -0.25) is 39.1 Å². The van der Waals surface area contributed by atoms with Gasteiger partial charge in [0.25, 0.3) is 18.2 Å². The second-order valence-electron chi connectivity index (χ2n) is 17.9. The molecule has 3 fully saturated rings. The van der Waals surface area contributed by atoms with Crippen molar-refractivity contribution in [1.29, 1.82) is 0 Å². The molecule has 0 radical (unpaired) electrons. The molecule has 2 saturated heterocycles. The average molecular weight is 849 g/mol. The number of carbonyl (C=O) groups is 5. The molecule has 5 heterocycles. The summed E-state index contributed by atoms with van der Waals surface area (Å²) < 4.78 is 31.8. The highest BCUT2D eigenvalue weighted by Gasteiger charge is 2.46. The van der Waals surface area contributed by atoms with Crippen molar-refractivity contribution < 1.29 is 37.5 Å². The van der Waals surface area contributed by atoms with Crippen molar-refractivity contribution in [1.82, 2.24) is 30.3 Å². The van der Waals surface area contributed by atoms with Gasteiger partial charge < -0.3 is 19.9 Å². The number of likely N-dealkylation sites (tertiary alicyclic amines) is 1. The monoisotopic (exact) mass is 848 g/mol. The standard InChI is InChI=1S/C48H54F2N6O6/c1-27(51-24-43(49)50)19-36-35-5-3-4-6-39(35)52-40(36)22-31-12-11-30(23-42(31)62-2)28-7-9-29(10-8-28)46(59)54-17-15-34(16-18-54)55-25-32-20-37-38(21-33(32)26-55)48(61)56(47(37)60)41-13-14-44(57)53-45(41)58/h3-6,11-12,20-21,23,27-29,34,41,43,51-52H,7-10,13-19,22,24-26H2,1-2H3,(H,53,57,58)/t27-,28?,29?,41?/m1/s1. The maximum Gasteiger partial charge on any atom is 0.262 e. The minimum absolute atomic E-state index is 0.00946. The number of hydrogen-bond acceptors (Lipinski definition) is 8. The zero-order valence-corrected chi connectivity index (χ0v) is 35.3. The molecule has 5 amide bonds. The fourth-order valence-corrected chi connectivity index (χ4v) is 10.7. The van der Waals surface area contributed by atoms with Crippen molar-refractivity contribution in [2.45, 2.75) is 115 Å². The fourth-order valence-electron chi connectivity index (χ4n) is 10.7. The number of alkyl halides is 2. The highest BCUT2D eigenvalue weighted by molar-refractivity contribution is 6.23. The molecular formula is C48H54F2N6O6. The number of nitrogens with one attached hydrogen (secondary N) is 3. The Morgan fingerprint density at radius 2 is 1.58 bits per heavy atom. The van der Waals surface area contributed by atoms with E-state index in [2.05, 4.69) is 44.8 Å². The predicted molar refractivity (Wildman–Crippen MR) is 228 cm³/mol. The number of benzene rings is 3. The molecule has 326 valence electrons. The van der Waals surface area contributed by atoms with Crippen molar-refractivity contribution in [2.75, 3.05) is 26.7 Å². The third-order valence-corrected chi connectivity index (χ3v) is 14.1. The van der Waals surface area contributed by atoms with Crippen LogP contribution in [0.1, 0.15) is 118 Å². The number of H-pyrrole nitrogens is 1. The maximum atomic E-state index is 13.8. The molecular weight excluding hydrogens is 795 g/mol. The molecule has 1 aliphatic carbocycles. The Labute approximate surface area is 359 Å². The van der Waals surface area contributed by atoms with E-state index in [1.165, 1.54) is 5.56 Å². The van der Waals surface area contributed by atoms with Gasteiger partial charge >= 0.3 is 0 Å². The average Bonchev–Trinajstić information content (AvgIpc) is 3.93. The van der Waals surface area contributed by atoms with Gasteiger partial charge in [-0.05, 0) is 116 Å². The van der Waals surface area contributed by atoms with Gasteiger partial charge in [-0.25, -0.2) is 8.78 Å². The van der Waals surface area contributed by atoms with Gasteiger partial charge in [0, 0.05) is 73.6 Å². The quantitative estimate of drug-likeness (QED) is 0.142. The number of para-hydroxylation sites is 1. The number of methoxy groups -OCH3 is 1. The lowest BCUT2D eigenvalue weighted by molar-refractivity contribution is -0.138. The number of aromatic nitrogens is 1. The van der Waals surface area contributed by atoms with E-state index in [0.717, 1.165) is 88.0 Å². The second-order valence-corrected chi connectivity index (χ2v) is 17.9. The van der Waals surface area contributed by atoms with Crippen molar-refractivity contribution in [2.24, 2.45) is 5.92 Å². The van der Waals surface area contributed by atoms with Gasteiger partial charge in [-0.1, -0.05) is 30.3 Å². The Morgan fingerprint density at radius 1 is 0.887 bits per heavy atom. The molecule has 12 nitrogen and oxygen atoms in total. The van der Waals surface area contributed by atoms with E-state index in [4.69, 9.17) is 4.74 Å². The molecule has 1 aromatic heterocycles. The molecule has 3 N–H and O–H groups in total. The van der Waals surface area contributed by atoms with Gasteiger partial charge in [0.2, 0.25) is 17.7 Å². The lowest BCUT2D eigenvalue weighted by Crippen LogP contribution is -2.54. The number of amides is 5. The second kappa shape index (κ2) is 17.4. The summed E-state index contributed by atoms with van der Waals surface area (Å²) in [6.45, 7) is 4.32. The van der Waals surface area contributed by atoms with Gasteiger partial charge in [0.1, 0.15) is 11.8 Å². The first-order valence-electron chi connectivity index (χ1n) is 22.1. The molecule has 0 bridgehead atoms. The molecule has 3 aromatic carbocycles. The molecule has 0 spiro atoms. The van der Waals surface area contributed by atoms with E-state index in [-0.39, 0.29) is 43.3 Å². The van der Waals surface area contributed by atoms with Crippen molar-refractivity contribution >= 4 is 40.4 Å². The number of nitrogens with zero attached hydrogens (tertiary/aromatic N) is 3. The number of aromatic amines is 1. The minimum atomic E-state index is -2.40. The number of hydrogen-bond donors (Lipinski definition) is 3. The Kier molecular flexibility index (Phi) is 11.7. The van der Waals surface area contributed by atoms with Crippen LogP contribution < -0.4 is 15.4 Å². The van der Waals surface area contributed by atoms with Crippen LogP contribution in [0.3, 0.4) is 0 Å². The maximum absolute atomic E-state index is 13.8. The Balaban J connectivity index is 0.772. The zero-order chi connectivity index (χ0) is 43.2. The van der Waals surface area contributed by atoms with E-state index in [1.54, 1.807) is 7.11 Å². The molecule has 1 unspecified atom stereocenters. The zero-order valence-electron chi connectivity index (χ0n) is 35.3. The van der Waals surface area contributed by atoms with E-state index in [0.29, 0.717) is 56.1 Å². The summed E-state index contributed by atoms with van der Waals surface area (Å²) in [4.78, 5) is 73.8. The summed E-state index contributed by atoms with van der Waals surface area (Å²) in [5.74, 6) is -0.567. The smallest absolute Gasteiger partial charge is 0.262 e. The first kappa shape index (κ1) is 41.9. The van der Waals surface area contributed by atoms with Crippen molar-refractivity contribution in [3.05, 3.63) is 99.2 Å². The number of carbonyl (C=O) groups excluding carboxylic acids is 5. The summed E-state index contributed by atoms with van der Waals surface area (Å²) >= 11 is 0. The first-order valence-corrected chi connectivity index (χ1v) is 22.1. The summed E-state index contributed by atoms with van der Waals surface area (Å²) in [6, 6.07) is 17.4. The topological polar surface area (TPSA) is 144 Å². The number of piperidine rings is 2. The number of rotatable bonds is 12. The van der Waals surface area contributed by atoms with Crippen LogP contribution >= 0.6 is 0 Å². The lowest BCUT2D eigenvalue weighted by atomic mass is 9.77. The molecule has 4 aromatic rings.